The number of hydrogen-bond acceptors (Lipinski definition) is 2. The van der Waals surface area contributed by atoms with Gasteiger partial charge in [-0.05, 0) is 46.3 Å². The minimum atomic E-state index is -0.312. The molecule has 0 aliphatic heterocycles. The Balaban J connectivity index is 2.16. The van der Waals surface area contributed by atoms with Gasteiger partial charge in [0.05, 0.1) is 15.5 Å². The predicted octanol–water partition coefficient (Wildman–Crippen LogP) is 3.84. The van der Waals surface area contributed by atoms with Crippen molar-refractivity contribution in [3.8, 4) is 17.1 Å². The minimum absolute atomic E-state index is 0.179. The summed E-state index contributed by atoms with van der Waals surface area (Å²) in [6, 6.07) is 9.59. The van der Waals surface area contributed by atoms with Gasteiger partial charge >= 0.3 is 0 Å². The van der Waals surface area contributed by atoms with E-state index in [-0.39, 0.29) is 11.6 Å². The topological polar surface area (TPSA) is 48.9 Å². The van der Waals surface area contributed by atoms with Gasteiger partial charge in [-0.25, -0.2) is 9.37 Å². The minimum Gasteiger partial charge on any atom is -0.508 e. The molecule has 0 unspecified atom stereocenters. The first-order chi connectivity index (χ1) is 8.63. The van der Waals surface area contributed by atoms with Crippen LogP contribution in [-0.4, -0.2) is 15.1 Å². The molecule has 2 N–H and O–H groups in total. The third-order valence-corrected chi connectivity index (χ3v) is 3.27. The van der Waals surface area contributed by atoms with Gasteiger partial charge in [0.15, 0.2) is 0 Å². The van der Waals surface area contributed by atoms with Crippen molar-refractivity contribution in [2.75, 3.05) is 0 Å². The van der Waals surface area contributed by atoms with Gasteiger partial charge in [0, 0.05) is 11.6 Å². The number of halogens is 2. The molecule has 0 atom stereocenters. The first-order valence-electron chi connectivity index (χ1n) is 5.27. The lowest BCUT2D eigenvalue weighted by atomic mass is 10.2. The zero-order valence-electron chi connectivity index (χ0n) is 9.11. The number of nitrogens with one attached hydrogen (secondary N) is 1. The van der Waals surface area contributed by atoms with Gasteiger partial charge in [-0.2, -0.15) is 0 Å². The molecule has 0 aliphatic carbocycles. The van der Waals surface area contributed by atoms with E-state index in [1.165, 1.54) is 6.07 Å². The van der Waals surface area contributed by atoms with E-state index in [0.29, 0.717) is 10.3 Å². The first-order valence-corrected chi connectivity index (χ1v) is 6.07. The molecule has 90 valence electrons. The molecule has 5 heteroatoms. The van der Waals surface area contributed by atoms with Gasteiger partial charge in [0.25, 0.3) is 0 Å². The van der Waals surface area contributed by atoms with E-state index in [1.54, 1.807) is 30.3 Å². The summed E-state index contributed by atoms with van der Waals surface area (Å²) < 4.78 is 13.6. The number of imidazole rings is 1. The van der Waals surface area contributed by atoms with Crippen LogP contribution in [0.4, 0.5) is 4.39 Å². The molecule has 0 radical (unpaired) electrons. The van der Waals surface area contributed by atoms with Crippen molar-refractivity contribution in [1.82, 2.24) is 9.97 Å². The molecule has 0 saturated carbocycles. The largest absolute Gasteiger partial charge is 0.508 e. The molecule has 0 aliphatic rings. The number of aromatic amines is 1. The Hall–Kier alpha value is -1.88. The average molecular weight is 307 g/mol. The summed E-state index contributed by atoms with van der Waals surface area (Å²) in [7, 11) is 0. The fraction of sp³-hybridized carbons (Fsp3) is 0. The fourth-order valence-electron chi connectivity index (χ4n) is 1.78. The van der Waals surface area contributed by atoms with Crippen LogP contribution < -0.4 is 0 Å². The smallest absolute Gasteiger partial charge is 0.138 e. The Morgan fingerprint density at radius 3 is 2.78 bits per heavy atom. The molecule has 0 spiro atoms. The maximum Gasteiger partial charge on any atom is 0.138 e. The number of aromatic hydroxyl groups is 1. The molecule has 1 aromatic heterocycles. The highest BCUT2D eigenvalue weighted by atomic mass is 79.9. The monoisotopic (exact) mass is 306 g/mol. The number of fused-ring (bicyclic) bond motifs is 1. The van der Waals surface area contributed by atoms with Crippen LogP contribution in [-0.2, 0) is 0 Å². The predicted molar refractivity (Wildman–Crippen MR) is 70.9 cm³/mol. The van der Waals surface area contributed by atoms with Crippen molar-refractivity contribution in [2.24, 2.45) is 0 Å². The number of nitrogens with zero attached hydrogens (tertiary/aromatic N) is 1. The van der Waals surface area contributed by atoms with Crippen LogP contribution in [0.2, 0.25) is 0 Å². The summed E-state index contributed by atoms with van der Waals surface area (Å²) in [6.07, 6.45) is 0. The zero-order valence-corrected chi connectivity index (χ0v) is 10.7. The lowest BCUT2D eigenvalue weighted by Gasteiger charge is -1.98. The summed E-state index contributed by atoms with van der Waals surface area (Å²) in [5, 5.41) is 9.39. The Bertz CT molecular complexity index is 739. The van der Waals surface area contributed by atoms with Gasteiger partial charge in [0.2, 0.25) is 0 Å². The van der Waals surface area contributed by atoms with Crippen molar-refractivity contribution in [2.45, 2.75) is 0 Å². The quantitative estimate of drug-likeness (QED) is 0.717. The Morgan fingerprint density at radius 1 is 1.17 bits per heavy atom. The van der Waals surface area contributed by atoms with Crippen molar-refractivity contribution in [1.29, 1.82) is 0 Å². The Morgan fingerprint density at radius 2 is 2.00 bits per heavy atom. The van der Waals surface area contributed by atoms with Crippen molar-refractivity contribution in [3.63, 3.8) is 0 Å². The summed E-state index contributed by atoms with van der Waals surface area (Å²) in [5.74, 6) is 0.502. The second kappa shape index (κ2) is 4.10. The molecule has 0 fully saturated rings. The molecule has 3 nitrogen and oxygen atoms in total. The van der Waals surface area contributed by atoms with Gasteiger partial charge in [-0.1, -0.05) is 0 Å². The molecule has 2 aromatic carbocycles. The third-order valence-electron chi connectivity index (χ3n) is 2.66. The second-order valence-electron chi connectivity index (χ2n) is 3.92. The number of phenolic OH excluding ortho intramolecular Hbond substituents is 1. The van der Waals surface area contributed by atoms with Crippen molar-refractivity contribution in [3.05, 3.63) is 46.7 Å². The van der Waals surface area contributed by atoms with Crippen LogP contribution in [0, 0.1) is 5.82 Å². The first kappa shape index (κ1) is 11.2. The summed E-state index contributed by atoms with van der Waals surface area (Å²) >= 11 is 3.14. The van der Waals surface area contributed by atoms with Crippen LogP contribution in [0.3, 0.4) is 0 Å². The Kier molecular flexibility index (Phi) is 2.56. The maximum atomic E-state index is 13.2. The molecule has 0 amide bonds. The molecule has 3 rings (SSSR count). The number of benzene rings is 2. The third kappa shape index (κ3) is 1.86. The maximum absolute atomic E-state index is 13.2. The average Bonchev–Trinajstić information content (AvgIpc) is 2.75. The van der Waals surface area contributed by atoms with Crippen LogP contribution in [0.1, 0.15) is 0 Å². The van der Waals surface area contributed by atoms with E-state index < -0.39 is 0 Å². The highest BCUT2D eigenvalue weighted by Crippen LogP contribution is 2.26. The lowest BCUT2D eigenvalue weighted by molar-refractivity contribution is 0.476. The molecule has 3 aromatic rings. The zero-order chi connectivity index (χ0) is 12.7. The van der Waals surface area contributed by atoms with E-state index in [0.717, 1.165) is 16.6 Å². The SMILES string of the molecule is Oc1ccc2nc(-c3ccc(F)c(Br)c3)[nH]c2c1. The molecule has 18 heavy (non-hydrogen) atoms. The highest BCUT2D eigenvalue weighted by Gasteiger charge is 2.08. The van der Waals surface area contributed by atoms with Gasteiger partial charge in [-0.3, -0.25) is 0 Å². The lowest BCUT2D eigenvalue weighted by Crippen LogP contribution is -1.83. The van der Waals surface area contributed by atoms with E-state index >= 15 is 0 Å². The summed E-state index contributed by atoms with van der Waals surface area (Å²) in [5.41, 5.74) is 2.27. The number of hydrogen-bond donors (Lipinski definition) is 2. The highest BCUT2D eigenvalue weighted by molar-refractivity contribution is 9.10. The van der Waals surface area contributed by atoms with Crippen LogP contribution >= 0.6 is 15.9 Å². The molecule has 1 heterocycles. The Labute approximate surface area is 110 Å². The molecular weight excluding hydrogens is 299 g/mol. The number of rotatable bonds is 1. The molecular formula is C13H8BrFN2O. The van der Waals surface area contributed by atoms with E-state index in [1.807, 2.05) is 0 Å². The number of phenols is 1. The van der Waals surface area contributed by atoms with Crippen LogP contribution in [0.5, 0.6) is 5.75 Å². The fourth-order valence-corrected chi connectivity index (χ4v) is 2.16. The second-order valence-corrected chi connectivity index (χ2v) is 4.77. The van der Waals surface area contributed by atoms with Gasteiger partial charge in [-0.15, -0.1) is 0 Å². The summed E-state index contributed by atoms with van der Waals surface area (Å²) in [6.45, 7) is 0. The van der Waals surface area contributed by atoms with E-state index in [4.69, 9.17) is 0 Å². The van der Waals surface area contributed by atoms with Gasteiger partial charge in [0.1, 0.15) is 17.4 Å². The van der Waals surface area contributed by atoms with Crippen LogP contribution in [0.25, 0.3) is 22.4 Å². The standard InChI is InChI=1S/C13H8BrFN2O/c14-9-5-7(1-3-10(9)15)13-16-11-4-2-8(18)6-12(11)17-13/h1-6,18H,(H,16,17). The van der Waals surface area contributed by atoms with Gasteiger partial charge < -0.3 is 10.1 Å². The van der Waals surface area contributed by atoms with Crippen molar-refractivity contribution < 1.29 is 9.50 Å². The molecule has 0 saturated heterocycles. The van der Waals surface area contributed by atoms with E-state index in [2.05, 4.69) is 25.9 Å². The summed E-state index contributed by atoms with van der Waals surface area (Å²) in [4.78, 5) is 7.47. The normalized spacial score (nSPS) is 11.0. The van der Waals surface area contributed by atoms with Crippen LogP contribution in [0.15, 0.2) is 40.9 Å². The number of H-pyrrole nitrogens is 1. The van der Waals surface area contributed by atoms with E-state index in [9.17, 15) is 9.50 Å². The number of aromatic nitrogens is 2. The van der Waals surface area contributed by atoms with Crippen molar-refractivity contribution >= 4 is 27.0 Å². The molecule has 0 bridgehead atoms.